The molecule has 0 saturated heterocycles. The number of hydrogen-bond donors (Lipinski definition) is 2. The van der Waals surface area contributed by atoms with Gasteiger partial charge in [0, 0.05) is 39.3 Å². The minimum absolute atomic E-state index is 0. The molecule has 1 heterocycles. The van der Waals surface area contributed by atoms with Gasteiger partial charge in [0.1, 0.15) is 0 Å². The predicted molar refractivity (Wildman–Crippen MR) is 105 cm³/mol. The topological polar surface area (TPSA) is 39.7 Å². The maximum atomic E-state index is 4.21. The van der Waals surface area contributed by atoms with Crippen molar-refractivity contribution in [2.75, 3.05) is 26.7 Å². The molecule has 0 aliphatic carbocycles. The van der Waals surface area contributed by atoms with Crippen molar-refractivity contribution in [2.45, 2.75) is 25.9 Å². The van der Waals surface area contributed by atoms with Crippen LogP contribution in [0.25, 0.3) is 0 Å². The van der Waals surface area contributed by atoms with Gasteiger partial charge in [-0.2, -0.15) is 0 Å². The van der Waals surface area contributed by atoms with Crippen LogP contribution in [0.2, 0.25) is 0 Å². The Balaban J connectivity index is 0.00000242. The third-order valence-electron chi connectivity index (χ3n) is 3.99. The van der Waals surface area contributed by atoms with Gasteiger partial charge in [0.05, 0.1) is 0 Å². The van der Waals surface area contributed by atoms with Gasteiger partial charge in [0.25, 0.3) is 0 Å². The van der Waals surface area contributed by atoms with Crippen molar-refractivity contribution < 1.29 is 0 Å². The fourth-order valence-electron chi connectivity index (χ4n) is 2.66. The van der Waals surface area contributed by atoms with Crippen molar-refractivity contribution in [2.24, 2.45) is 4.99 Å². The van der Waals surface area contributed by atoms with Crippen LogP contribution in [0.1, 0.15) is 18.1 Å². The van der Waals surface area contributed by atoms with Gasteiger partial charge in [-0.1, -0.05) is 30.3 Å². The van der Waals surface area contributed by atoms with E-state index in [1.807, 2.05) is 6.08 Å². The van der Waals surface area contributed by atoms with Crippen LogP contribution in [0.5, 0.6) is 0 Å². The van der Waals surface area contributed by atoms with E-state index >= 15 is 0 Å². The van der Waals surface area contributed by atoms with Crippen LogP contribution in [0, 0.1) is 0 Å². The summed E-state index contributed by atoms with van der Waals surface area (Å²) in [6.45, 7) is 9.75. The molecule has 0 radical (unpaired) electrons. The maximum absolute atomic E-state index is 4.21. The SMILES string of the molecule is C=CCNC(=NC)NCC(C)N1CCc2ccccc2C1.I. The van der Waals surface area contributed by atoms with E-state index in [1.165, 1.54) is 11.1 Å². The maximum Gasteiger partial charge on any atom is 0.191 e. The largest absolute Gasteiger partial charge is 0.355 e. The van der Waals surface area contributed by atoms with E-state index in [-0.39, 0.29) is 24.0 Å². The molecule has 22 heavy (non-hydrogen) atoms. The molecule has 1 atom stereocenters. The molecular weight excluding hydrogens is 387 g/mol. The minimum atomic E-state index is 0. The quantitative estimate of drug-likeness (QED) is 0.337. The minimum Gasteiger partial charge on any atom is -0.355 e. The number of benzene rings is 1. The normalized spacial score (nSPS) is 16.2. The lowest BCUT2D eigenvalue weighted by Gasteiger charge is -2.34. The van der Waals surface area contributed by atoms with Crippen LogP contribution in [-0.4, -0.2) is 43.6 Å². The molecule has 0 spiro atoms. The Hall–Kier alpha value is -1.08. The molecule has 1 unspecified atom stereocenters. The standard InChI is InChI=1S/C17H26N4.HI/c1-4-10-19-17(18-3)20-12-14(2)21-11-9-15-7-5-6-8-16(15)13-21;/h4-8,14H,1,9-13H2,2-3H3,(H2,18,19,20);1H. The number of rotatable bonds is 5. The van der Waals surface area contributed by atoms with Gasteiger partial charge in [0.2, 0.25) is 0 Å². The van der Waals surface area contributed by atoms with E-state index in [1.54, 1.807) is 7.05 Å². The molecule has 0 fully saturated rings. The Bertz CT molecular complexity index is 501. The number of nitrogens with one attached hydrogen (secondary N) is 2. The summed E-state index contributed by atoms with van der Waals surface area (Å²) in [5, 5.41) is 6.57. The lowest BCUT2D eigenvalue weighted by molar-refractivity contribution is 0.191. The van der Waals surface area contributed by atoms with Gasteiger partial charge in [-0.3, -0.25) is 9.89 Å². The van der Waals surface area contributed by atoms with E-state index in [2.05, 4.69) is 58.3 Å². The Labute approximate surface area is 151 Å². The monoisotopic (exact) mass is 414 g/mol. The zero-order valence-corrected chi connectivity index (χ0v) is 15.8. The summed E-state index contributed by atoms with van der Waals surface area (Å²) < 4.78 is 0. The molecule has 1 aliphatic heterocycles. The number of halogens is 1. The number of fused-ring (bicyclic) bond motifs is 1. The Morgan fingerprint density at radius 2 is 2.09 bits per heavy atom. The molecular formula is C17H27IN4. The number of hydrogen-bond acceptors (Lipinski definition) is 2. The van der Waals surface area contributed by atoms with Gasteiger partial charge in [-0.25, -0.2) is 0 Å². The third-order valence-corrected chi connectivity index (χ3v) is 3.99. The molecule has 1 aromatic carbocycles. The fourth-order valence-corrected chi connectivity index (χ4v) is 2.66. The summed E-state index contributed by atoms with van der Waals surface area (Å²) in [6.07, 6.45) is 2.97. The highest BCUT2D eigenvalue weighted by Crippen LogP contribution is 2.19. The number of aliphatic imine (C=N–C) groups is 1. The molecule has 0 bridgehead atoms. The molecule has 0 amide bonds. The predicted octanol–water partition coefficient (Wildman–Crippen LogP) is 2.40. The number of guanidine groups is 1. The average Bonchev–Trinajstić information content (AvgIpc) is 2.54. The van der Waals surface area contributed by atoms with Crippen molar-refractivity contribution in [3.8, 4) is 0 Å². The molecule has 1 aromatic rings. The first-order chi connectivity index (χ1) is 10.2. The van der Waals surface area contributed by atoms with E-state index in [9.17, 15) is 0 Å². The van der Waals surface area contributed by atoms with E-state index in [0.717, 1.165) is 38.6 Å². The summed E-state index contributed by atoms with van der Waals surface area (Å²) in [7, 11) is 1.79. The third kappa shape index (κ3) is 5.28. The summed E-state index contributed by atoms with van der Waals surface area (Å²) >= 11 is 0. The van der Waals surface area contributed by atoms with Gasteiger partial charge in [0.15, 0.2) is 5.96 Å². The molecule has 2 N–H and O–H groups in total. The summed E-state index contributed by atoms with van der Waals surface area (Å²) in [6, 6.07) is 9.23. The smallest absolute Gasteiger partial charge is 0.191 e. The summed E-state index contributed by atoms with van der Waals surface area (Å²) in [5.74, 6) is 0.833. The van der Waals surface area contributed by atoms with Crippen LogP contribution < -0.4 is 10.6 Å². The zero-order valence-electron chi connectivity index (χ0n) is 13.5. The second kappa shape index (κ2) is 9.84. The lowest BCUT2D eigenvalue weighted by Crippen LogP contribution is -2.47. The molecule has 2 rings (SSSR count). The second-order valence-corrected chi connectivity index (χ2v) is 5.46. The summed E-state index contributed by atoms with van der Waals surface area (Å²) in [5.41, 5.74) is 2.96. The molecule has 0 saturated carbocycles. The Morgan fingerprint density at radius 1 is 1.36 bits per heavy atom. The first-order valence-corrected chi connectivity index (χ1v) is 7.61. The van der Waals surface area contributed by atoms with Crippen LogP contribution in [-0.2, 0) is 13.0 Å². The second-order valence-electron chi connectivity index (χ2n) is 5.46. The van der Waals surface area contributed by atoms with Crippen LogP contribution in [0.15, 0.2) is 41.9 Å². The van der Waals surface area contributed by atoms with Gasteiger partial charge >= 0.3 is 0 Å². The molecule has 5 heteroatoms. The van der Waals surface area contributed by atoms with Crippen LogP contribution >= 0.6 is 24.0 Å². The van der Waals surface area contributed by atoms with E-state index in [4.69, 9.17) is 0 Å². The van der Waals surface area contributed by atoms with E-state index in [0.29, 0.717) is 6.04 Å². The Kier molecular flexibility index (Phi) is 8.48. The first kappa shape index (κ1) is 19.0. The average molecular weight is 414 g/mol. The lowest BCUT2D eigenvalue weighted by atomic mass is 9.99. The van der Waals surface area contributed by atoms with Crippen molar-refractivity contribution in [3.05, 3.63) is 48.0 Å². The van der Waals surface area contributed by atoms with Crippen LogP contribution in [0.3, 0.4) is 0 Å². The Morgan fingerprint density at radius 3 is 2.77 bits per heavy atom. The number of nitrogens with zero attached hydrogens (tertiary/aromatic N) is 2. The van der Waals surface area contributed by atoms with Crippen molar-refractivity contribution >= 4 is 29.9 Å². The van der Waals surface area contributed by atoms with Crippen molar-refractivity contribution in [1.82, 2.24) is 15.5 Å². The fraction of sp³-hybridized carbons (Fsp3) is 0.471. The summed E-state index contributed by atoms with van der Waals surface area (Å²) in [4.78, 5) is 6.73. The zero-order chi connectivity index (χ0) is 15.1. The highest BCUT2D eigenvalue weighted by molar-refractivity contribution is 14.0. The molecule has 0 aromatic heterocycles. The van der Waals surface area contributed by atoms with Crippen molar-refractivity contribution in [1.29, 1.82) is 0 Å². The van der Waals surface area contributed by atoms with Crippen LogP contribution in [0.4, 0.5) is 0 Å². The van der Waals surface area contributed by atoms with Gasteiger partial charge in [-0.15, -0.1) is 30.6 Å². The van der Waals surface area contributed by atoms with Gasteiger partial charge < -0.3 is 10.6 Å². The molecule has 1 aliphatic rings. The highest BCUT2D eigenvalue weighted by Gasteiger charge is 2.20. The van der Waals surface area contributed by atoms with Gasteiger partial charge in [-0.05, 0) is 24.5 Å². The molecule has 122 valence electrons. The first-order valence-electron chi connectivity index (χ1n) is 7.61. The highest BCUT2D eigenvalue weighted by atomic mass is 127. The molecule has 4 nitrogen and oxygen atoms in total. The van der Waals surface area contributed by atoms with Crippen molar-refractivity contribution in [3.63, 3.8) is 0 Å². The van der Waals surface area contributed by atoms with E-state index < -0.39 is 0 Å².